The molecule has 2 rings (SSSR count). The molecule has 1 aromatic heterocycles. The van der Waals surface area contributed by atoms with Gasteiger partial charge in [-0.1, -0.05) is 5.16 Å². The van der Waals surface area contributed by atoms with Crippen molar-refractivity contribution in [1.29, 1.82) is 0 Å². The smallest absolute Gasteiger partial charge is 0.258 e. The Morgan fingerprint density at radius 1 is 1.35 bits per heavy atom. The summed E-state index contributed by atoms with van der Waals surface area (Å²) < 4.78 is 15.0. The summed E-state index contributed by atoms with van der Waals surface area (Å²) in [5.41, 5.74) is 0.675. The van der Waals surface area contributed by atoms with Crippen molar-refractivity contribution in [3.05, 3.63) is 24.0 Å². The summed E-state index contributed by atoms with van der Waals surface area (Å²) in [5.74, 6) is 1.24. The molecule has 1 aromatic carbocycles. The minimum Gasteiger partial charge on any atom is -0.504 e. The molecule has 0 unspecified atom stereocenters. The maximum absolute atomic E-state index is 9.46. The quantitative estimate of drug-likeness (QED) is 0.868. The van der Waals surface area contributed by atoms with Gasteiger partial charge in [0.05, 0.1) is 7.11 Å². The zero-order chi connectivity index (χ0) is 12.3. The summed E-state index contributed by atoms with van der Waals surface area (Å²) in [7, 11) is 3.03. The van der Waals surface area contributed by atoms with Crippen LogP contribution in [0.3, 0.4) is 0 Å². The second-order valence-electron chi connectivity index (χ2n) is 3.34. The molecular weight excluding hydrogens is 224 g/mol. The van der Waals surface area contributed by atoms with Crippen LogP contribution in [0.1, 0.15) is 5.82 Å². The molecule has 0 saturated carbocycles. The maximum Gasteiger partial charge on any atom is 0.258 e. The number of methoxy groups -OCH3 is 2. The van der Waals surface area contributed by atoms with Crippen molar-refractivity contribution in [3.63, 3.8) is 0 Å². The minimum absolute atomic E-state index is 0.0629. The number of rotatable bonds is 4. The molecule has 0 radical (unpaired) electrons. The van der Waals surface area contributed by atoms with Crippen LogP contribution in [-0.2, 0) is 11.3 Å². The summed E-state index contributed by atoms with van der Waals surface area (Å²) in [5, 5.41) is 13.2. The van der Waals surface area contributed by atoms with E-state index < -0.39 is 0 Å². The van der Waals surface area contributed by atoms with Gasteiger partial charge < -0.3 is 19.1 Å². The summed E-state index contributed by atoms with van der Waals surface area (Å²) in [6, 6.07) is 4.80. The number of hydrogen-bond acceptors (Lipinski definition) is 6. The molecule has 1 N–H and O–H groups in total. The molecule has 0 fully saturated rings. The predicted octanol–water partition coefficient (Wildman–Crippen LogP) is 1.60. The third-order valence-electron chi connectivity index (χ3n) is 2.17. The van der Waals surface area contributed by atoms with Crippen LogP contribution < -0.4 is 4.74 Å². The number of aromatic hydroxyl groups is 1. The highest BCUT2D eigenvalue weighted by Gasteiger charge is 2.11. The van der Waals surface area contributed by atoms with Gasteiger partial charge >= 0.3 is 0 Å². The second kappa shape index (κ2) is 4.84. The molecule has 6 heteroatoms. The Hall–Kier alpha value is -2.08. The van der Waals surface area contributed by atoms with Crippen LogP contribution in [-0.4, -0.2) is 29.5 Å². The molecule has 6 nitrogen and oxygen atoms in total. The van der Waals surface area contributed by atoms with E-state index in [1.807, 2.05) is 0 Å². The average molecular weight is 236 g/mol. The summed E-state index contributed by atoms with van der Waals surface area (Å²) in [6.45, 7) is 0.290. The molecule has 0 spiro atoms. The molecule has 0 bridgehead atoms. The van der Waals surface area contributed by atoms with E-state index in [4.69, 9.17) is 14.0 Å². The van der Waals surface area contributed by atoms with Crippen LogP contribution in [0.5, 0.6) is 11.5 Å². The van der Waals surface area contributed by atoms with Gasteiger partial charge in [-0.3, -0.25) is 0 Å². The van der Waals surface area contributed by atoms with Gasteiger partial charge in [-0.15, -0.1) is 0 Å². The number of ether oxygens (including phenoxy) is 2. The molecule has 1 heterocycles. The van der Waals surface area contributed by atoms with Crippen molar-refractivity contribution in [2.45, 2.75) is 6.61 Å². The van der Waals surface area contributed by atoms with Crippen molar-refractivity contribution in [1.82, 2.24) is 10.1 Å². The molecule has 2 aromatic rings. The van der Waals surface area contributed by atoms with Crippen LogP contribution in [0.25, 0.3) is 11.5 Å². The number of benzene rings is 1. The van der Waals surface area contributed by atoms with E-state index in [2.05, 4.69) is 10.1 Å². The van der Waals surface area contributed by atoms with E-state index >= 15 is 0 Å². The number of aromatic nitrogens is 2. The predicted molar refractivity (Wildman–Crippen MR) is 58.7 cm³/mol. The van der Waals surface area contributed by atoms with Crippen molar-refractivity contribution in [2.75, 3.05) is 14.2 Å². The number of phenols is 1. The van der Waals surface area contributed by atoms with Crippen LogP contribution in [0.2, 0.25) is 0 Å². The SMILES string of the molecule is COCc1noc(-c2ccc(O)c(OC)c2)n1. The highest BCUT2D eigenvalue weighted by atomic mass is 16.5. The second-order valence-corrected chi connectivity index (χ2v) is 3.34. The third kappa shape index (κ3) is 2.36. The monoisotopic (exact) mass is 236 g/mol. The Morgan fingerprint density at radius 3 is 2.88 bits per heavy atom. The first kappa shape index (κ1) is 11.4. The molecule has 17 heavy (non-hydrogen) atoms. The van der Waals surface area contributed by atoms with E-state index in [9.17, 15) is 5.11 Å². The first-order valence-corrected chi connectivity index (χ1v) is 4.93. The van der Waals surface area contributed by atoms with Gasteiger partial charge in [-0.2, -0.15) is 4.98 Å². The Bertz CT molecular complexity index is 510. The lowest BCUT2D eigenvalue weighted by Gasteiger charge is -2.03. The van der Waals surface area contributed by atoms with Crippen LogP contribution in [0, 0.1) is 0 Å². The van der Waals surface area contributed by atoms with Gasteiger partial charge in [0.1, 0.15) is 6.61 Å². The van der Waals surface area contributed by atoms with Gasteiger partial charge in [-0.25, -0.2) is 0 Å². The highest BCUT2D eigenvalue weighted by Crippen LogP contribution is 2.30. The molecule has 90 valence electrons. The lowest BCUT2D eigenvalue weighted by Crippen LogP contribution is -1.89. The Balaban J connectivity index is 2.32. The van der Waals surface area contributed by atoms with Gasteiger partial charge in [0.25, 0.3) is 5.89 Å². The molecule has 0 aliphatic heterocycles. The third-order valence-corrected chi connectivity index (χ3v) is 2.17. The molecule has 0 aliphatic carbocycles. The van der Waals surface area contributed by atoms with Crippen LogP contribution in [0.15, 0.2) is 22.7 Å². The molecule has 0 saturated heterocycles. The zero-order valence-corrected chi connectivity index (χ0v) is 9.51. The largest absolute Gasteiger partial charge is 0.504 e. The fourth-order valence-corrected chi connectivity index (χ4v) is 1.37. The number of hydrogen-bond donors (Lipinski definition) is 1. The molecular formula is C11H12N2O4. The average Bonchev–Trinajstić information content (AvgIpc) is 2.79. The van der Waals surface area contributed by atoms with Crippen molar-refractivity contribution < 1.29 is 19.1 Å². The topological polar surface area (TPSA) is 77.6 Å². The highest BCUT2D eigenvalue weighted by molar-refractivity contribution is 5.59. The zero-order valence-electron chi connectivity index (χ0n) is 9.51. The fraction of sp³-hybridized carbons (Fsp3) is 0.273. The lowest BCUT2D eigenvalue weighted by molar-refractivity contribution is 0.174. The lowest BCUT2D eigenvalue weighted by atomic mass is 10.2. The summed E-state index contributed by atoms with van der Waals surface area (Å²) in [6.07, 6.45) is 0. The van der Waals surface area contributed by atoms with Gasteiger partial charge in [0.2, 0.25) is 0 Å². The minimum atomic E-state index is 0.0629. The van der Waals surface area contributed by atoms with E-state index in [1.165, 1.54) is 13.2 Å². The van der Waals surface area contributed by atoms with Crippen LogP contribution >= 0.6 is 0 Å². The Morgan fingerprint density at radius 2 is 2.18 bits per heavy atom. The Kier molecular flexibility index (Phi) is 3.24. The van der Waals surface area contributed by atoms with Gasteiger partial charge in [-0.05, 0) is 18.2 Å². The standard InChI is InChI=1S/C11H12N2O4/c1-15-6-10-12-11(17-13-10)7-3-4-8(14)9(5-7)16-2/h3-5,14H,6H2,1-2H3. The van der Waals surface area contributed by atoms with Crippen LogP contribution in [0.4, 0.5) is 0 Å². The first-order chi connectivity index (χ1) is 8.24. The van der Waals surface area contributed by atoms with Gasteiger partial charge in [0, 0.05) is 12.7 Å². The fourth-order valence-electron chi connectivity index (χ4n) is 1.37. The van der Waals surface area contributed by atoms with E-state index in [-0.39, 0.29) is 5.75 Å². The van der Waals surface area contributed by atoms with Gasteiger partial charge in [0.15, 0.2) is 17.3 Å². The first-order valence-electron chi connectivity index (χ1n) is 4.93. The van der Waals surface area contributed by atoms with Crippen molar-refractivity contribution in [2.24, 2.45) is 0 Å². The van der Waals surface area contributed by atoms with E-state index in [0.29, 0.717) is 29.6 Å². The van der Waals surface area contributed by atoms with Crippen molar-refractivity contribution in [3.8, 4) is 23.0 Å². The summed E-state index contributed by atoms with van der Waals surface area (Å²) >= 11 is 0. The molecule has 0 aliphatic rings. The molecule has 0 amide bonds. The summed E-state index contributed by atoms with van der Waals surface area (Å²) in [4.78, 5) is 4.14. The van der Waals surface area contributed by atoms with E-state index in [1.54, 1.807) is 19.2 Å². The number of nitrogens with zero attached hydrogens (tertiary/aromatic N) is 2. The normalized spacial score (nSPS) is 10.5. The van der Waals surface area contributed by atoms with E-state index in [0.717, 1.165) is 0 Å². The van der Waals surface area contributed by atoms with Crippen molar-refractivity contribution >= 4 is 0 Å². The Labute approximate surface area is 97.8 Å². The molecule has 0 atom stereocenters. The number of phenolic OH excluding ortho intramolecular Hbond substituents is 1. The maximum atomic E-state index is 9.46.